The van der Waals surface area contributed by atoms with Gasteiger partial charge in [0.15, 0.2) is 5.58 Å². The van der Waals surface area contributed by atoms with E-state index in [0.29, 0.717) is 22.9 Å². The van der Waals surface area contributed by atoms with Gasteiger partial charge in [-0.1, -0.05) is 36.4 Å². The molecule has 5 nitrogen and oxygen atoms in total. The molecule has 0 radical (unpaired) electrons. The molecule has 1 N–H and O–H groups in total. The van der Waals surface area contributed by atoms with Crippen LogP contribution in [-0.2, 0) is 0 Å². The van der Waals surface area contributed by atoms with E-state index in [-0.39, 0.29) is 5.91 Å². The summed E-state index contributed by atoms with van der Waals surface area (Å²) < 4.78 is 11.6. The molecule has 0 saturated carbocycles. The average molecular weight is 422 g/mol. The highest BCUT2D eigenvalue weighted by atomic mass is 16.5. The smallest absolute Gasteiger partial charge is 0.259 e. The molecule has 5 rings (SSSR count). The van der Waals surface area contributed by atoms with Gasteiger partial charge in [-0.3, -0.25) is 4.79 Å². The molecule has 0 aliphatic rings. The Bertz CT molecular complexity index is 1440. The number of anilines is 1. The number of nitrogens with one attached hydrogen (secondary N) is 1. The number of carbonyl (C=O) groups is 1. The van der Waals surface area contributed by atoms with Crippen LogP contribution in [0.5, 0.6) is 5.75 Å². The van der Waals surface area contributed by atoms with Crippen LogP contribution in [0, 0.1) is 13.8 Å². The first-order valence-corrected chi connectivity index (χ1v) is 10.4. The fourth-order valence-corrected chi connectivity index (χ4v) is 3.87. The minimum Gasteiger partial charge on any atom is -0.495 e. The number of benzene rings is 4. The highest BCUT2D eigenvalue weighted by Gasteiger charge is 2.16. The number of fused-ring (bicyclic) bond motifs is 2. The standard InChI is InChI=1S/C27H22N2O3/c1-16-13-23-24(14-17(16)2)32-27(29-23)19-8-6-9-20(15-19)28-26(30)22-12-11-18-7-4-5-10-21(18)25(22)31-3/h4-15H,1-3H3,(H,28,30). The summed E-state index contributed by atoms with van der Waals surface area (Å²) in [5, 5.41) is 4.89. The zero-order valence-electron chi connectivity index (χ0n) is 18.1. The molecule has 1 aromatic heterocycles. The van der Waals surface area contributed by atoms with Crippen molar-refractivity contribution in [2.24, 2.45) is 0 Å². The first-order chi connectivity index (χ1) is 15.5. The van der Waals surface area contributed by atoms with Gasteiger partial charge in [0, 0.05) is 16.6 Å². The van der Waals surface area contributed by atoms with Crippen molar-refractivity contribution >= 4 is 33.5 Å². The second kappa shape index (κ2) is 7.85. The Balaban J connectivity index is 1.47. The second-order valence-corrected chi connectivity index (χ2v) is 7.83. The number of nitrogens with zero attached hydrogens (tertiary/aromatic N) is 1. The van der Waals surface area contributed by atoms with Gasteiger partial charge in [0.1, 0.15) is 11.3 Å². The SMILES string of the molecule is COc1c(C(=O)Nc2cccc(-c3nc4cc(C)c(C)cc4o3)c2)ccc2ccccc12. The van der Waals surface area contributed by atoms with E-state index in [1.54, 1.807) is 13.2 Å². The fraction of sp³-hybridized carbons (Fsp3) is 0.111. The minimum atomic E-state index is -0.242. The van der Waals surface area contributed by atoms with Gasteiger partial charge in [0.2, 0.25) is 5.89 Å². The van der Waals surface area contributed by atoms with Gasteiger partial charge < -0.3 is 14.5 Å². The maximum absolute atomic E-state index is 13.1. The number of hydrogen-bond donors (Lipinski definition) is 1. The number of methoxy groups -OCH3 is 1. The van der Waals surface area contributed by atoms with Crippen LogP contribution in [0.2, 0.25) is 0 Å². The van der Waals surface area contributed by atoms with E-state index < -0.39 is 0 Å². The van der Waals surface area contributed by atoms with Crippen molar-refractivity contribution in [2.45, 2.75) is 13.8 Å². The molecule has 32 heavy (non-hydrogen) atoms. The summed E-state index contributed by atoms with van der Waals surface area (Å²) in [5.74, 6) is 0.833. The van der Waals surface area contributed by atoms with Crippen LogP contribution in [0.1, 0.15) is 21.5 Å². The zero-order chi connectivity index (χ0) is 22.2. The molecule has 0 spiro atoms. The second-order valence-electron chi connectivity index (χ2n) is 7.83. The largest absolute Gasteiger partial charge is 0.495 e. The molecule has 0 aliphatic heterocycles. The van der Waals surface area contributed by atoms with Crippen LogP contribution >= 0.6 is 0 Å². The molecule has 0 aliphatic carbocycles. The lowest BCUT2D eigenvalue weighted by Gasteiger charge is -2.12. The van der Waals surface area contributed by atoms with Crippen LogP contribution in [0.3, 0.4) is 0 Å². The fourth-order valence-electron chi connectivity index (χ4n) is 3.87. The molecule has 0 atom stereocenters. The Morgan fingerprint density at radius 2 is 1.75 bits per heavy atom. The lowest BCUT2D eigenvalue weighted by atomic mass is 10.0. The van der Waals surface area contributed by atoms with Crippen molar-refractivity contribution in [2.75, 3.05) is 12.4 Å². The molecule has 5 heteroatoms. The van der Waals surface area contributed by atoms with Gasteiger partial charge >= 0.3 is 0 Å². The van der Waals surface area contributed by atoms with E-state index in [4.69, 9.17) is 9.15 Å². The molecule has 158 valence electrons. The summed E-state index contributed by atoms with van der Waals surface area (Å²) in [6, 6.07) is 23.0. The van der Waals surface area contributed by atoms with E-state index >= 15 is 0 Å². The van der Waals surface area contributed by atoms with Gasteiger partial charge in [-0.05, 0) is 66.8 Å². The van der Waals surface area contributed by atoms with Crippen molar-refractivity contribution in [3.63, 3.8) is 0 Å². The third-order valence-corrected chi connectivity index (χ3v) is 5.70. The van der Waals surface area contributed by atoms with Crippen molar-refractivity contribution in [3.05, 3.63) is 89.5 Å². The van der Waals surface area contributed by atoms with Crippen LogP contribution in [0.25, 0.3) is 33.3 Å². The summed E-state index contributed by atoms with van der Waals surface area (Å²) in [7, 11) is 1.58. The predicted octanol–water partition coefficient (Wildman–Crippen LogP) is 6.53. The van der Waals surface area contributed by atoms with E-state index in [9.17, 15) is 4.79 Å². The van der Waals surface area contributed by atoms with Gasteiger partial charge in [-0.2, -0.15) is 0 Å². The third kappa shape index (κ3) is 3.48. The van der Waals surface area contributed by atoms with Crippen molar-refractivity contribution in [3.8, 4) is 17.2 Å². The molecular weight excluding hydrogens is 400 g/mol. The molecule has 5 aromatic rings. The number of aromatic nitrogens is 1. The Morgan fingerprint density at radius 1 is 0.938 bits per heavy atom. The normalized spacial score (nSPS) is 11.1. The summed E-state index contributed by atoms with van der Waals surface area (Å²) >= 11 is 0. The lowest BCUT2D eigenvalue weighted by molar-refractivity contribution is 0.102. The van der Waals surface area contributed by atoms with Crippen LogP contribution < -0.4 is 10.1 Å². The lowest BCUT2D eigenvalue weighted by Crippen LogP contribution is -2.13. The Morgan fingerprint density at radius 3 is 2.59 bits per heavy atom. The maximum Gasteiger partial charge on any atom is 0.259 e. The highest BCUT2D eigenvalue weighted by molar-refractivity contribution is 6.10. The molecule has 0 bridgehead atoms. The van der Waals surface area contributed by atoms with E-state index in [2.05, 4.69) is 17.2 Å². The molecule has 1 amide bonds. The molecule has 0 fully saturated rings. The Kier molecular flexibility index (Phi) is 4.86. The van der Waals surface area contributed by atoms with Gasteiger partial charge in [0.05, 0.1) is 12.7 Å². The Labute approximate surface area is 185 Å². The van der Waals surface area contributed by atoms with Gasteiger partial charge in [-0.25, -0.2) is 4.98 Å². The Hall–Kier alpha value is -4.12. The number of amides is 1. The summed E-state index contributed by atoms with van der Waals surface area (Å²) in [6.07, 6.45) is 0. The number of hydrogen-bond acceptors (Lipinski definition) is 4. The predicted molar refractivity (Wildman–Crippen MR) is 127 cm³/mol. The van der Waals surface area contributed by atoms with E-state index in [1.165, 1.54) is 5.56 Å². The summed E-state index contributed by atoms with van der Waals surface area (Å²) in [4.78, 5) is 17.7. The van der Waals surface area contributed by atoms with Gasteiger partial charge in [0.25, 0.3) is 5.91 Å². The number of oxazole rings is 1. The number of aryl methyl sites for hydroxylation is 2. The molecule has 0 unspecified atom stereocenters. The van der Waals surface area contributed by atoms with E-state index in [1.807, 2.05) is 73.7 Å². The first kappa shape index (κ1) is 19.8. The summed E-state index contributed by atoms with van der Waals surface area (Å²) in [5.41, 5.74) is 5.81. The zero-order valence-corrected chi connectivity index (χ0v) is 18.1. The molecular formula is C27H22N2O3. The quantitative estimate of drug-likeness (QED) is 0.358. The van der Waals surface area contributed by atoms with Gasteiger partial charge in [-0.15, -0.1) is 0 Å². The summed E-state index contributed by atoms with van der Waals surface area (Å²) in [6.45, 7) is 4.11. The van der Waals surface area contributed by atoms with Crippen molar-refractivity contribution in [1.29, 1.82) is 0 Å². The van der Waals surface area contributed by atoms with Crippen molar-refractivity contribution in [1.82, 2.24) is 4.98 Å². The maximum atomic E-state index is 13.1. The molecule has 0 saturated heterocycles. The van der Waals surface area contributed by atoms with Crippen LogP contribution in [0.15, 0.2) is 77.2 Å². The first-order valence-electron chi connectivity index (χ1n) is 10.4. The highest BCUT2D eigenvalue weighted by Crippen LogP contribution is 2.31. The monoisotopic (exact) mass is 422 g/mol. The minimum absolute atomic E-state index is 0.242. The third-order valence-electron chi connectivity index (χ3n) is 5.70. The van der Waals surface area contributed by atoms with Crippen LogP contribution in [-0.4, -0.2) is 18.0 Å². The number of carbonyl (C=O) groups excluding carboxylic acids is 1. The van der Waals surface area contributed by atoms with E-state index in [0.717, 1.165) is 33.0 Å². The molecule has 1 heterocycles. The van der Waals surface area contributed by atoms with Crippen LogP contribution in [0.4, 0.5) is 5.69 Å². The number of rotatable bonds is 4. The van der Waals surface area contributed by atoms with Crippen molar-refractivity contribution < 1.29 is 13.9 Å². The number of ether oxygens (including phenoxy) is 1. The molecule has 4 aromatic carbocycles. The topological polar surface area (TPSA) is 64.4 Å². The average Bonchev–Trinajstić information content (AvgIpc) is 3.21.